The number of nitrogen functional groups attached to an aromatic ring is 1. The van der Waals surface area contributed by atoms with E-state index in [-0.39, 0.29) is 17.0 Å². The van der Waals surface area contributed by atoms with Gasteiger partial charge in [-0.3, -0.25) is 4.79 Å². The lowest BCUT2D eigenvalue weighted by Gasteiger charge is -2.33. The molecule has 1 aliphatic carbocycles. The summed E-state index contributed by atoms with van der Waals surface area (Å²) in [7, 11) is 0. The molecule has 8 heteroatoms. The summed E-state index contributed by atoms with van der Waals surface area (Å²) < 4.78 is 19.4. The number of piperidine rings is 1. The molecule has 2 aromatic carbocycles. The van der Waals surface area contributed by atoms with Gasteiger partial charge in [0.25, 0.3) is 0 Å². The van der Waals surface area contributed by atoms with Gasteiger partial charge in [0.1, 0.15) is 17.4 Å². The fourth-order valence-electron chi connectivity index (χ4n) is 4.46. The second-order valence-corrected chi connectivity index (χ2v) is 8.50. The summed E-state index contributed by atoms with van der Waals surface area (Å²) in [6, 6.07) is 9.13. The van der Waals surface area contributed by atoms with E-state index < -0.39 is 5.82 Å². The molecule has 4 N–H and O–H groups in total. The van der Waals surface area contributed by atoms with Crippen molar-refractivity contribution in [1.29, 1.82) is 5.26 Å². The maximum absolute atomic E-state index is 13.9. The lowest BCUT2D eigenvalue weighted by atomic mass is 9.78. The van der Waals surface area contributed by atoms with Crippen molar-refractivity contribution in [2.24, 2.45) is 10.4 Å². The molecule has 0 unspecified atom stereocenters. The number of nitrogens with zero attached hydrogens (tertiary/aromatic N) is 2. The van der Waals surface area contributed by atoms with E-state index in [1.807, 2.05) is 19.9 Å². The number of carbonyl (C=O) groups excluding carboxylic acids is 1. The first-order valence-electron chi connectivity index (χ1n) is 12.2. The Morgan fingerprint density at radius 3 is 2.46 bits per heavy atom. The third-order valence-electron chi connectivity index (χ3n) is 6.32. The lowest BCUT2D eigenvalue weighted by molar-refractivity contribution is -0.108. The number of halogens is 1. The Labute approximate surface area is 207 Å². The minimum atomic E-state index is -0.675. The number of benzene rings is 2. The van der Waals surface area contributed by atoms with Gasteiger partial charge in [-0.15, -0.1) is 0 Å². The summed E-state index contributed by atoms with van der Waals surface area (Å²) in [6.07, 6.45) is 10.7. The highest BCUT2D eigenvalue weighted by Gasteiger charge is 2.34. The van der Waals surface area contributed by atoms with Gasteiger partial charge in [-0.1, -0.05) is 26.7 Å². The molecule has 7 nitrogen and oxygen atoms in total. The third-order valence-corrected chi connectivity index (χ3v) is 6.32. The van der Waals surface area contributed by atoms with Crippen molar-refractivity contribution in [3.63, 3.8) is 0 Å². The van der Waals surface area contributed by atoms with Crippen molar-refractivity contribution >= 4 is 24.1 Å². The lowest BCUT2D eigenvalue weighted by Crippen LogP contribution is -2.34. The number of nitrogens with one attached hydrogen (secondary N) is 2. The number of aryl methyl sites for hydroxylation is 1. The average molecular weight is 482 g/mol. The highest BCUT2D eigenvalue weighted by atomic mass is 19.1. The molecule has 0 aromatic heterocycles. The van der Waals surface area contributed by atoms with Gasteiger partial charge >= 0.3 is 0 Å². The normalized spacial score (nSPS) is 15.9. The minimum Gasteiger partial charge on any atom is -0.453 e. The first-order chi connectivity index (χ1) is 17.0. The molecule has 4 rings (SSSR count). The molecule has 1 aliphatic heterocycles. The van der Waals surface area contributed by atoms with Crippen LogP contribution in [0.3, 0.4) is 0 Å². The van der Waals surface area contributed by atoms with Crippen molar-refractivity contribution in [1.82, 2.24) is 10.6 Å². The van der Waals surface area contributed by atoms with E-state index in [2.05, 4.69) is 15.6 Å². The van der Waals surface area contributed by atoms with Gasteiger partial charge < -0.3 is 21.1 Å². The van der Waals surface area contributed by atoms with Crippen LogP contribution in [0.15, 0.2) is 35.3 Å². The van der Waals surface area contributed by atoms with E-state index >= 15 is 0 Å². The van der Waals surface area contributed by atoms with Crippen LogP contribution < -0.4 is 21.1 Å². The molecule has 1 saturated heterocycles. The van der Waals surface area contributed by atoms with E-state index in [9.17, 15) is 9.18 Å². The van der Waals surface area contributed by atoms with Crippen molar-refractivity contribution in [2.45, 2.75) is 59.3 Å². The van der Waals surface area contributed by atoms with Gasteiger partial charge in [-0.05, 0) is 87.0 Å². The Hall–Kier alpha value is -3.44. The van der Waals surface area contributed by atoms with Gasteiger partial charge in [0, 0.05) is 0 Å². The van der Waals surface area contributed by atoms with Crippen LogP contribution in [0.2, 0.25) is 0 Å². The van der Waals surface area contributed by atoms with Crippen molar-refractivity contribution in [2.75, 3.05) is 18.8 Å². The molecule has 1 spiro atoms. The summed E-state index contributed by atoms with van der Waals surface area (Å²) in [5.74, 6) is -0.553. The first kappa shape index (κ1) is 27.8. The number of nitrogens with two attached hydrogens (primary N) is 1. The van der Waals surface area contributed by atoms with Gasteiger partial charge in [0.2, 0.25) is 6.41 Å². The molecule has 1 heterocycles. The maximum atomic E-state index is 13.9. The molecule has 2 aliphatic rings. The maximum Gasteiger partial charge on any atom is 0.212 e. The number of ether oxygens (including phenoxy) is 1. The molecule has 0 bridgehead atoms. The largest absolute Gasteiger partial charge is 0.453 e. The van der Waals surface area contributed by atoms with Crippen LogP contribution in [0, 0.1) is 29.5 Å². The second kappa shape index (κ2) is 14.1. The monoisotopic (exact) mass is 481 g/mol. The van der Waals surface area contributed by atoms with E-state index in [4.69, 9.17) is 15.7 Å². The van der Waals surface area contributed by atoms with Crippen LogP contribution in [0.25, 0.3) is 0 Å². The fourth-order valence-corrected chi connectivity index (χ4v) is 4.46. The van der Waals surface area contributed by atoms with E-state index in [1.165, 1.54) is 64.0 Å². The number of nitriles is 1. The average Bonchev–Trinajstić information content (AvgIpc) is 3.32. The number of hydrogen-bond donors (Lipinski definition) is 3. The van der Waals surface area contributed by atoms with Crippen molar-refractivity contribution in [3.8, 4) is 17.6 Å². The fraction of sp³-hybridized carbons (Fsp3) is 0.444. The zero-order valence-corrected chi connectivity index (χ0v) is 20.9. The molecule has 2 fully saturated rings. The Kier molecular flexibility index (Phi) is 11.2. The smallest absolute Gasteiger partial charge is 0.212 e. The Bertz CT molecular complexity index is 1030. The Balaban J connectivity index is 0.000000296. The molecular weight excluding hydrogens is 445 g/mol. The zero-order chi connectivity index (χ0) is 25.7. The second-order valence-electron chi connectivity index (χ2n) is 8.50. The van der Waals surface area contributed by atoms with Crippen LogP contribution in [0.1, 0.15) is 63.5 Å². The number of aliphatic imine (C=N–C) groups is 1. The molecule has 1 amide bonds. The van der Waals surface area contributed by atoms with Crippen LogP contribution in [0.4, 0.5) is 15.8 Å². The number of amides is 1. The van der Waals surface area contributed by atoms with Crippen molar-refractivity contribution in [3.05, 3.63) is 47.3 Å². The minimum absolute atomic E-state index is 0.0556. The van der Waals surface area contributed by atoms with Gasteiger partial charge in [-0.25, -0.2) is 9.38 Å². The molecule has 2 aromatic rings. The molecule has 188 valence electrons. The van der Waals surface area contributed by atoms with E-state index in [1.54, 1.807) is 25.1 Å². The van der Waals surface area contributed by atoms with Crippen LogP contribution in [-0.4, -0.2) is 25.8 Å². The highest BCUT2D eigenvalue weighted by molar-refractivity contribution is 5.74. The first-order valence-corrected chi connectivity index (χ1v) is 12.2. The molecule has 0 atom stereocenters. The summed E-state index contributed by atoms with van der Waals surface area (Å²) >= 11 is 0. The number of rotatable bonds is 5. The number of anilines is 1. The molecular formula is C27H36FN5O2. The quantitative estimate of drug-likeness (QED) is 0.218. The Morgan fingerprint density at radius 1 is 1.17 bits per heavy atom. The van der Waals surface area contributed by atoms with Crippen LogP contribution in [0.5, 0.6) is 11.5 Å². The SMILES string of the molecule is C1CCC2(C1)CCNCC2.CC.Cc1cc(Oc2c(F)ccc(N)c2C#N)ccc1N=CNC=O. The summed E-state index contributed by atoms with van der Waals surface area (Å²) in [4.78, 5) is 14.2. The third kappa shape index (κ3) is 7.79. The summed E-state index contributed by atoms with van der Waals surface area (Å²) in [5, 5.41) is 14.8. The predicted octanol–water partition coefficient (Wildman–Crippen LogP) is 5.74. The zero-order valence-electron chi connectivity index (χ0n) is 20.9. The van der Waals surface area contributed by atoms with Crippen LogP contribution in [-0.2, 0) is 4.79 Å². The standard InChI is InChI=1S/C16H13FN4O2.C9H17N.C2H6/c1-10-6-11(2-5-15(10)21-8-20-9-22)23-16-12(7-18)14(19)4-3-13(16)17;1-2-4-9(3-1)5-7-10-8-6-9;1-2/h2-6,8-9H,19H2,1H3,(H,20,21,22);10H,1-8H2;1-2H3. The number of carbonyl (C=O) groups is 1. The van der Waals surface area contributed by atoms with Gasteiger partial charge in [0.15, 0.2) is 11.6 Å². The number of hydrogen-bond acceptors (Lipinski definition) is 6. The van der Waals surface area contributed by atoms with E-state index in [0.29, 0.717) is 17.8 Å². The van der Waals surface area contributed by atoms with Gasteiger partial charge in [-0.2, -0.15) is 5.26 Å². The molecule has 35 heavy (non-hydrogen) atoms. The highest BCUT2D eigenvalue weighted by Crippen LogP contribution is 2.44. The van der Waals surface area contributed by atoms with E-state index in [0.717, 1.165) is 17.0 Å². The molecule has 0 radical (unpaired) electrons. The topological polar surface area (TPSA) is 113 Å². The van der Waals surface area contributed by atoms with Gasteiger partial charge in [0.05, 0.1) is 17.7 Å². The summed E-state index contributed by atoms with van der Waals surface area (Å²) in [5.41, 5.74) is 7.90. The Morgan fingerprint density at radius 2 is 1.86 bits per heavy atom. The van der Waals surface area contributed by atoms with Crippen molar-refractivity contribution < 1.29 is 13.9 Å². The molecule has 1 saturated carbocycles. The summed E-state index contributed by atoms with van der Waals surface area (Å²) in [6.45, 7) is 8.33. The predicted molar refractivity (Wildman–Crippen MR) is 138 cm³/mol. The van der Waals surface area contributed by atoms with Crippen LogP contribution >= 0.6 is 0 Å².